The highest BCUT2D eigenvalue weighted by atomic mass is 32.2. The molecular weight excluding hydrogens is 419 g/mol. The molecule has 0 saturated heterocycles. The number of carbonyl (C=O) groups excluding carboxylic acids is 1. The molecule has 3 aromatic rings. The molecule has 0 spiro atoms. The van der Waals surface area contributed by atoms with Crippen LogP contribution in [-0.4, -0.2) is 27.3 Å². The molecule has 6 nitrogen and oxygen atoms in total. The molecular formula is C23H21FN2O4S. The molecule has 0 aliphatic heterocycles. The second-order valence-corrected chi connectivity index (χ2v) is 8.22. The first kappa shape index (κ1) is 22.2. The number of para-hydroxylation sites is 2. The van der Waals surface area contributed by atoms with Crippen LogP contribution in [0, 0.1) is 12.7 Å². The fourth-order valence-electron chi connectivity index (χ4n) is 2.77. The summed E-state index contributed by atoms with van der Waals surface area (Å²) in [6, 6.07) is 17.8. The summed E-state index contributed by atoms with van der Waals surface area (Å²) in [5.74, 6) is -0.705. The highest BCUT2D eigenvalue weighted by molar-refractivity contribution is 7.90. The highest BCUT2D eigenvalue weighted by Gasteiger charge is 2.21. The zero-order valence-corrected chi connectivity index (χ0v) is 17.8. The van der Waals surface area contributed by atoms with Gasteiger partial charge in [-0.3, -0.25) is 9.69 Å². The number of hydrogen-bond acceptors (Lipinski definition) is 4. The van der Waals surface area contributed by atoms with Crippen molar-refractivity contribution in [2.75, 3.05) is 11.5 Å². The van der Waals surface area contributed by atoms with E-state index in [0.717, 1.165) is 28.9 Å². The van der Waals surface area contributed by atoms with Crippen LogP contribution in [0.4, 0.5) is 10.1 Å². The summed E-state index contributed by atoms with van der Waals surface area (Å²) in [4.78, 5) is 14.2. The second-order valence-electron chi connectivity index (χ2n) is 6.59. The quantitative estimate of drug-likeness (QED) is 0.398. The Bertz CT molecular complexity index is 1190. The first-order valence-electron chi connectivity index (χ1n) is 9.50. The first-order chi connectivity index (χ1) is 14.8. The van der Waals surface area contributed by atoms with E-state index in [4.69, 9.17) is 4.74 Å². The summed E-state index contributed by atoms with van der Waals surface area (Å²) in [5.41, 5.74) is 1.37. The van der Waals surface area contributed by atoms with Gasteiger partial charge in [-0.05, 0) is 62.4 Å². The zero-order chi connectivity index (χ0) is 22.4. The number of sulfonamides is 1. The van der Waals surface area contributed by atoms with E-state index in [1.807, 2.05) is 6.92 Å². The molecule has 0 saturated carbocycles. The molecule has 0 N–H and O–H groups in total. The van der Waals surface area contributed by atoms with Crippen molar-refractivity contribution in [3.05, 3.63) is 89.7 Å². The lowest BCUT2D eigenvalue weighted by Gasteiger charge is -2.20. The van der Waals surface area contributed by atoms with Crippen LogP contribution >= 0.6 is 0 Å². The number of carbonyl (C=O) groups is 1. The molecule has 0 atom stereocenters. The molecule has 0 fully saturated rings. The molecule has 0 heterocycles. The number of amides is 1. The molecule has 31 heavy (non-hydrogen) atoms. The summed E-state index contributed by atoms with van der Waals surface area (Å²) in [6.45, 7) is 3.97. The minimum atomic E-state index is -4.05. The Kier molecular flexibility index (Phi) is 6.81. The van der Waals surface area contributed by atoms with Crippen molar-refractivity contribution < 1.29 is 22.3 Å². The average Bonchev–Trinajstić information content (AvgIpc) is 2.76. The van der Waals surface area contributed by atoms with Gasteiger partial charge >= 0.3 is 0 Å². The van der Waals surface area contributed by atoms with Crippen molar-refractivity contribution in [2.45, 2.75) is 18.7 Å². The van der Waals surface area contributed by atoms with E-state index in [1.165, 1.54) is 24.3 Å². The topological polar surface area (TPSA) is 76.0 Å². The van der Waals surface area contributed by atoms with Crippen LogP contribution in [0.1, 0.15) is 22.8 Å². The summed E-state index contributed by atoms with van der Waals surface area (Å²) in [6.07, 6.45) is 0.943. The van der Waals surface area contributed by atoms with E-state index in [-0.39, 0.29) is 10.5 Å². The number of rotatable bonds is 7. The van der Waals surface area contributed by atoms with Crippen LogP contribution in [0.2, 0.25) is 0 Å². The lowest BCUT2D eigenvalue weighted by atomic mass is 10.2. The van der Waals surface area contributed by atoms with E-state index < -0.39 is 21.7 Å². The van der Waals surface area contributed by atoms with Gasteiger partial charge in [-0.1, -0.05) is 29.8 Å². The van der Waals surface area contributed by atoms with Gasteiger partial charge in [0.25, 0.3) is 15.9 Å². The van der Waals surface area contributed by atoms with Crippen LogP contribution in [0.15, 0.2) is 82.1 Å². The van der Waals surface area contributed by atoms with E-state index >= 15 is 0 Å². The Morgan fingerprint density at radius 1 is 1.03 bits per heavy atom. The Balaban J connectivity index is 2.05. The van der Waals surface area contributed by atoms with Gasteiger partial charge < -0.3 is 4.74 Å². The average molecular weight is 440 g/mol. The smallest absolute Gasteiger partial charge is 0.283 e. The number of aryl methyl sites for hydroxylation is 1. The predicted molar refractivity (Wildman–Crippen MR) is 118 cm³/mol. The summed E-state index contributed by atoms with van der Waals surface area (Å²) >= 11 is 0. The lowest BCUT2D eigenvalue weighted by Crippen LogP contribution is -2.30. The van der Waals surface area contributed by atoms with E-state index in [9.17, 15) is 17.6 Å². The van der Waals surface area contributed by atoms with Crippen molar-refractivity contribution in [1.82, 2.24) is 0 Å². The highest BCUT2D eigenvalue weighted by Crippen LogP contribution is 2.29. The van der Waals surface area contributed by atoms with Gasteiger partial charge in [0.05, 0.1) is 17.2 Å². The third kappa shape index (κ3) is 5.35. The Hall–Kier alpha value is -3.52. The van der Waals surface area contributed by atoms with Crippen molar-refractivity contribution in [3.63, 3.8) is 0 Å². The Morgan fingerprint density at radius 2 is 1.68 bits per heavy atom. The maximum Gasteiger partial charge on any atom is 0.283 e. The zero-order valence-electron chi connectivity index (χ0n) is 17.0. The van der Waals surface area contributed by atoms with Crippen molar-refractivity contribution >= 4 is 28.0 Å². The number of benzene rings is 3. The molecule has 0 radical (unpaired) electrons. The number of hydrogen-bond donors (Lipinski definition) is 0. The number of nitrogens with zero attached hydrogens (tertiary/aromatic N) is 2. The van der Waals surface area contributed by atoms with Gasteiger partial charge in [0.1, 0.15) is 17.9 Å². The molecule has 3 aromatic carbocycles. The van der Waals surface area contributed by atoms with Gasteiger partial charge in [0.2, 0.25) is 0 Å². The lowest BCUT2D eigenvalue weighted by molar-refractivity contribution is 0.100. The molecule has 0 aliphatic carbocycles. The maximum atomic E-state index is 13.3. The fraction of sp³-hybridized carbons (Fsp3) is 0.130. The minimum Gasteiger partial charge on any atom is -0.492 e. The fourth-order valence-corrected chi connectivity index (χ4v) is 3.59. The first-order valence-corrected chi connectivity index (χ1v) is 10.9. The molecule has 0 aliphatic rings. The van der Waals surface area contributed by atoms with E-state index in [2.05, 4.69) is 4.40 Å². The molecule has 8 heteroatoms. The summed E-state index contributed by atoms with van der Waals surface area (Å²) < 4.78 is 48.0. The van der Waals surface area contributed by atoms with Crippen LogP contribution in [0.5, 0.6) is 5.75 Å². The van der Waals surface area contributed by atoms with Crippen molar-refractivity contribution in [2.24, 2.45) is 4.40 Å². The van der Waals surface area contributed by atoms with Gasteiger partial charge in [-0.25, -0.2) is 4.39 Å². The second kappa shape index (κ2) is 9.53. The molecule has 160 valence electrons. The van der Waals surface area contributed by atoms with Crippen LogP contribution in [0.25, 0.3) is 0 Å². The Morgan fingerprint density at radius 3 is 2.32 bits per heavy atom. The Labute approximate surface area is 180 Å². The van der Waals surface area contributed by atoms with Crippen LogP contribution < -0.4 is 9.64 Å². The van der Waals surface area contributed by atoms with E-state index in [0.29, 0.717) is 18.0 Å². The SMILES string of the molecule is CCOc1ccccc1N(/C=N/S(=O)(=O)c1ccc(C)cc1)C(=O)c1ccc(F)cc1. The van der Waals surface area contributed by atoms with E-state index in [1.54, 1.807) is 43.3 Å². The van der Waals surface area contributed by atoms with Gasteiger partial charge in [-0.2, -0.15) is 8.42 Å². The predicted octanol–water partition coefficient (Wildman–Crippen LogP) is 4.60. The molecule has 1 amide bonds. The van der Waals surface area contributed by atoms with Crippen molar-refractivity contribution in [3.8, 4) is 5.75 Å². The molecule has 0 unspecified atom stereocenters. The number of ether oxygens (including phenoxy) is 1. The summed E-state index contributed by atoms with van der Waals surface area (Å²) in [5, 5.41) is 0. The standard InChI is InChI=1S/C23H21FN2O4S/c1-3-30-22-7-5-4-6-21(22)26(23(27)18-10-12-19(24)13-11-18)16-25-31(28,29)20-14-8-17(2)9-15-20/h4-16H,3H2,1-2H3/b25-16+. The summed E-state index contributed by atoms with van der Waals surface area (Å²) in [7, 11) is -4.05. The van der Waals surface area contributed by atoms with Gasteiger partial charge in [0.15, 0.2) is 0 Å². The largest absolute Gasteiger partial charge is 0.492 e. The monoisotopic (exact) mass is 440 g/mol. The normalized spacial score (nSPS) is 11.5. The third-order valence-corrected chi connectivity index (χ3v) is 5.59. The van der Waals surface area contributed by atoms with Crippen molar-refractivity contribution in [1.29, 1.82) is 0 Å². The number of anilines is 1. The van der Waals surface area contributed by atoms with Gasteiger partial charge in [0, 0.05) is 5.56 Å². The van der Waals surface area contributed by atoms with Gasteiger partial charge in [-0.15, -0.1) is 4.40 Å². The van der Waals surface area contributed by atoms with Crippen LogP contribution in [0.3, 0.4) is 0 Å². The minimum absolute atomic E-state index is 0.00150. The third-order valence-electron chi connectivity index (χ3n) is 4.35. The molecule has 0 bridgehead atoms. The molecule has 3 rings (SSSR count). The maximum absolute atomic E-state index is 13.3. The molecule has 0 aromatic heterocycles. The number of halogens is 1. The van der Waals surface area contributed by atoms with Crippen LogP contribution in [-0.2, 0) is 10.0 Å².